The second-order valence-electron chi connectivity index (χ2n) is 5.51. The summed E-state index contributed by atoms with van der Waals surface area (Å²) in [6.07, 6.45) is 6.92. The van der Waals surface area contributed by atoms with Gasteiger partial charge in [-0.2, -0.15) is 0 Å². The van der Waals surface area contributed by atoms with Crippen molar-refractivity contribution in [1.29, 1.82) is 0 Å². The summed E-state index contributed by atoms with van der Waals surface area (Å²) in [6.45, 7) is 2.28. The molecule has 2 saturated carbocycles. The fourth-order valence-electron chi connectivity index (χ4n) is 3.20. The van der Waals surface area contributed by atoms with Gasteiger partial charge in [-0.3, -0.25) is 4.79 Å². The minimum Gasteiger partial charge on any atom is -0.480 e. The zero-order chi connectivity index (χ0) is 11.1. The van der Waals surface area contributed by atoms with Crippen molar-refractivity contribution in [1.82, 2.24) is 0 Å². The van der Waals surface area contributed by atoms with Crippen molar-refractivity contribution < 1.29 is 9.90 Å². The van der Waals surface area contributed by atoms with Gasteiger partial charge in [0.25, 0.3) is 0 Å². The Morgan fingerprint density at radius 3 is 2.27 bits per heavy atom. The molecule has 1 atom stereocenters. The van der Waals surface area contributed by atoms with Gasteiger partial charge in [0.15, 0.2) is 0 Å². The number of carboxylic acid groups (broad SMARTS) is 1. The van der Waals surface area contributed by atoms with Gasteiger partial charge in [-0.1, -0.05) is 19.8 Å². The van der Waals surface area contributed by atoms with E-state index in [0.29, 0.717) is 5.92 Å². The van der Waals surface area contributed by atoms with Crippen molar-refractivity contribution in [3.05, 3.63) is 0 Å². The lowest BCUT2D eigenvalue weighted by Gasteiger charge is -2.34. The average molecular weight is 211 g/mol. The van der Waals surface area contributed by atoms with E-state index in [1.54, 1.807) is 0 Å². The molecule has 0 saturated heterocycles. The standard InChI is InChI=1S/C12H21NO2/c1-8-2-4-9(5-3-8)12(6-7-12)10(13)11(14)15/h8-10H,2-7,13H2,1H3,(H,14,15). The molecule has 2 aliphatic rings. The van der Waals surface area contributed by atoms with Crippen LogP contribution in [-0.2, 0) is 4.79 Å². The van der Waals surface area contributed by atoms with Gasteiger partial charge in [-0.05, 0) is 42.9 Å². The molecule has 0 aromatic heterocycles. The molecule has 3 heteroatoms. The van der Waals surface area contributed by atoms with Crippen LogP contribution >= 0.6 is 0 Å². The molecule has 0 radical (unpaired) electrons. The first-order chi connectivity index (χ1) is 7.06. The van der Waals surface area contributed by atoms with Gasteiger partial charge >= 0.3 is 5.97 Å². The highest BCUT2D eigenvalue weighted by Gasteiger charge is 2.55. The zero-order valence-electron chi connectivity index (χ0n) is 9.41. The molecule has 2 aliphatic carbocycles. The predicted octanol–water partition coefficient (Wildman–Crippen LogP) is 2.00. The second-order valence-corrected chi connectivity index (χ2v) is 5.51. The maximum atomic E-state index is 11.0. The van der Waals surface area contributed by atoms with Gasteiger partial charge in [0, 0.05) is 0 Å². The molecule has 0 amide bonds. The molecule has 0 aromatic rings. The molecule has 86 valence electrons. The Balaban J connectivity index is 2.00. The summed E-state index contributed by atoms with van der Waals surface area (Å²) < 4.78 is 0. The first kappa shape index (κ1) is 10.9. The van der Waals surface area contributed by atoms with Crippen LogP contribution in [0.15, 0.2) is 0 Å². The molecule has 0 heterocycles. The molecular weight excluding hydrogens is 190 g/mol. The topological polar surface area (TPSA) is 63.3 Å². The number of hydrogen-bond donors (Lipinski definition) is 2. The molecule has 0 spiro atoms. The second kappa shape index (κ2) is 3.78. The van der Waals surface area contributed by atoms with Crippen molar-refractivity contribution in [2.24, 2.45) is 23.0 Å². The SMILES string of the molecule is CC1CCC(C2(C(N)C(=O)O)CC2)CC1. The smallest absolute Gasteiger partial charge is 0.321 e. The van der Waals surface area contributed by atoms with E-state index in [9.17, 15) is 4.79 Å². The van der Waals surface area contributed by atoms with E-state index in [-0.39, 0.29) is 5.41 Å². The van der Waals surface area contributed by atoms with Crippen molar-refractivity contribution in [2.45, 2.75) is 51.5 Å². The number of carboxylic acids is 1. The minimum atomic E-state index is -0.814. The van der Waals surface area contributed by atoms with Crippen LogP contribution in [0.25, 0.3) is 0 Å². The quantitative estimate of drug-likeness (QED) is 0.750. The zero-order valence-corrected chi connectivity index (χ0v) is 9.41. The van der Waals surface area contributed by atoms with Gasteiger partial charge in [0.05, 0.1) is 0 Å². The lowest BCUT2D eigenvalue weighted by molar-refractivity contribution is -0.141. The van der Waals surface area contributed by atoms with Crippen molar-refractivity contribution in [3.8, 4) is 0 Å². The molecule has 3 nitrogen and oxygen atoms in total. The van der Waals surface area contributed by atoms with E-state index in [1.807, 2.05) is 0 Å². The van der Waals surface area contributed by atoms with Gasteiger partial charge in [-0.15, -0.1) is 0 Å². The number of carbonyl (C=O) groups is 1. The average Bonchev–Trinajstić information content (AvgIpc) is 2.99. The van der Waals surface area contributed by atoms with Crippen LogP contribution in [0.1, 0.15) is 45.4 Å². The van der Waals surface area contributed by atoms with Gasteiger partial charge < -0.3 is 10.8 Å². The van der Waals surface area contributed by atoms with E-state index < -0.39 is 12.0 Å². The van der Waals surface area contributed by atoms with E-state index in [4.69, 9.17) is 10.8 Å². The molecule has 0 bridgehead atoms. The molecule has 0 aliphatic heterocycles. The third kappa shape index (κ3) is 1.89. The van der Waals surface area contributed by atoms with Crippen LogP contribution in [0, 0.1) is 17.3 Å². The first-order valence-electron chi connectivity index (χ1n) is 6.04. The van der Waals surface area contributed by atoms with Crippen LogP contribution in [0.4, 0.5) is 0 Å². The van der Waals surface area contributed by atoms with Crippen LogP contribution in [0.3, 0.4) is 0 Å². The summed E-state index contributed by atoms with van der Waals surface area (Å²) in [7, 11) is 0. The summed E-state index contributed by atoms with van der Waals surface area (Å²) in [5, 5.41) is 9.02. The van der Waals surface area contributed by atoms with Crippen molar-refractivity contribution >= 4 is 5.97 Å². The van der Waals surface area contributed by atoms with Crippen LogP contribution < -0.4 is 5.73 Å². The molecular formula is C12H21NO2. The number of hydrogen-bond acceptors (Lipinski definition) is 2. The summed E-state index contributed by atoms with van der Waals surface area (Å²) in [5.41, 5.74) is 5.79. The maximum absolute atomic E-state index is 11.0. The van der Waals surface area contributed by atoms with Crippen LogP contribution in [0.5, 0.6) is 0 Å². The molecule has 15 heavy (non-hydrogen) atoms. The molecule has 2 fully saturated rings. The van der Waals surface area contributed by atoms with E-state index in [2.05, 4.69) is 6.92 Å². The Labute approximate surface area is 91.0 Å². The van der Waals surface area contributed by atoms with Gasteiger partial charge in [0.2, 0.25) is 0 Å². The lowest BCUT2D eigenvalue weighted by Crippen LogP contribution is -2.44. The van der Waals surface area contributed by atoms with Crippen LogP contribution in [-0.4, -0.2) is 17.1 Å². The number of nitrogens with two attached hydrogens (primary N) is 1. The number of rotatable bonds is 3. The summed E-state index contributed by atoms with van der Waals surface area (Å²) in [6, 6.07) is -0.629. The Morgan fingerprint density at radius 2 is 1.87 bits per heavy atom. The molecule has 0 aromatic carbocycles. The highest BCUT2D eigenvalue weighted by molar-refractivity contribution is 5.75. The van der Waals surface area contributed by atoms with E-state index in [1.165, 1.54) is 25.7 Å². The predicted molar refractivity (Wildman–Crippen MR) is 58.4 cm³/mol. The lowest BCUT2D eigenvalue weighted by atomic mass is 9.72. The first-order valence-corrected chi connectivity index (χ1v) is 6.04. The maximum Gasteiger partial charge on any atom is 0.321 e. The van der Waals surface area contributed by atoms with Crippen molar-refractivity contribution in [2.75, 3.05) is 0 Å². The number of aliphatic carboxylic acids is 1. The fourth-order valence-corrected chi connectivity index (χ4v) is 3.20. The summed E-state index contributed by atoms with van der Waals surface area (Å²) in [5.74, 6) is 0.573. The summed E-state index contributed by atoms with van der Waals surface area (Å²) in [4.78, 5) is 11.0. The third-order valence-electron chi connectivity index (χ3n) is 4.54. The highest BCUT2D eigenvalue weighted by atomic mass is 16.4. The molecule has 2 rings (SSSR count). The Hall–Kier alpha value is -0.570. The van der Waals surface area contributed by atoms with E-state index >= 15 is 0 Å². The fraction of sp³-hybridized carbons (Fsp3) is 0.917. The van der Waals surface area contributed by atoms with Crippen LogP contribution in [0.2, 0.25) is 0 Å². The highest BCUT2D eigenvalue weighted by Crippen LogP contribution is 2.58. The minimum absolute atomic E-state index is 0.0357. The van der Waals surface area contributed by atoms with Gasteiger partial charge in [0.1, 0.15) is 6.04 Å². The van der Waals surface area contributed by atoms with Gasteiger partial charge in [-0.25, -0.2) is 0 Å². The van der Waals surface area contributed by atoms with E-state index in [0.717, 1.165) is 18.8 Å². The van der Waals surface area contributed by atoms with Crippen molar-refractivity contribution in [3.63, 3.8) is 0 Å². The Bertz CT molecular complexity index is 252. The third-order valence-corrected chi connectivity index (χ3v) is 4.54. The normalized spacial score (nSPS) is 35.9. The summed E-state index contributed by atoms with van der Waals surface area (Å²) >= 11 is 0. The largest absolute Gasteiger partial charge is 0.480 e. The molecule has 3 N–H and O–H groups in total. The Kier molecular flexibility index (Phi) is 2.75. The molecule has 1 unspecified atom stereocenters. The monoisotopic (exact) mass is 211 g/mol. The Morgan fingerprint density at radius 1 is 1.33 bits per heavy atom.